The Morgan fingerprint density at radius 2 is 2.04 bits per heavy atom. The van der Waals surface area contributed by atoms with Crippen molar-refractivity contribution in [2.45, 2.75) is 44.2 Å². The molecule has 3 heterocycles. The summed E-state index contributed by atoms with van der Waals surface area (Å²) in [4.78, 5) is 16.4. The van der Waals surface area contributed by atoms with Crippen molar-refractivity contribution in [3.8, 4) is 11.3 Å². The van der Waals surface area contributed by atoms with Crippen molar-refractivity contribution in [2.24, 2.45) is 0 Å². The number of aliphatic hydroxyl groups is 1. The summed E-state index contributed by atoms with van der Waals surface area (Å²) >= 11 is 0. The molecule has 0 spiro atoms. The summed E-state index contributed by atoms with van der Waals surface area (Å²) in [5, 5.41) is 12.2. The van der Waals surface area contributed by atoms with E-state index in [0.29, 0.717) is 11.5 Å². The Labute approximate surface area is 157 Å². The Balaban J connectivity index is 1.82. The summed E-state index contributed by atoms with van der Waals surface area (Å²) in [7, 11) is 1.39. The molecule has 2 aliphatic rings. The number of hydrogen-bond acceptors (Lipinski definition) is 4. The number of carbonyl (C=O) groups is 1. The van der Waals surface area contributed by atoms with Gasteiger partial charge in [0.15, 0.2) is 6.23 Å². The molecule has 5 rings (SSSR count). The minimum Gasteiger partial charge on any atom is -0.465 e. The minimum atomic E-state index is -0.759. The molecule has 0 saturated heterocycles. The number of aliphatic hydroxyl groups excluding tert-OH is 1. The summed E-state index contributed by atoms with van der Waals surface area (Å²) in [5.74, 6) is 0.109. The highest BCUT2D eigenvalue weighted by atomic mass is 16.5. The summed E-state index contributed by atoms with van der Waals surface area (Å²) in [6, 6.07) is 7.57. The fraction of sp³-hybridized carbons (Fsp3) is 0.364. The lowest BCUT2D eigenvalue weighted by Gasteiger charge is -2.22. The maximum absolute atomic E-state index is 12.1. The molecule has 27 heavy (non-hydrogen) atoms. The van der Waals surface area contributed by atoms with Crippen LogP contribution in [0.25, 0.3) is 22.2 Å². The van der Waals surface area contributed by atoms with Gasteiger partial charge in [0.25, 0.3) is 0 Å². The molecule has 1 saturated carbocycles. The molecule has 0 amide bonds. The maximum atomic E-state index is 12.1. The van der Waals surface area contributed by atoms with Gasteiger partial charge in [0.05, 0.1) is 23.9 Å². The van der Waals surface area contributed by atoms with Crippen LogP contribution >= 0.6 is 0 Å². The highest BCUT2D eigenvalue weighted by molar-refractivity contribution is 6.00. The van der Waals surface area contributed by atoms with E-state index in [1.807, 2.05) is 35.0 Å². The number of aromatic nitrogens is 2. The van der Waals surface area contributed by atoms with Gasteiger partial charge < -0.3 is 14.4 Å². The van der Waals surface area contributed by atoms with E-state index in [4.69, 9.17) is 4.74 Å². The van der Waals surface area contributed by atoms with Gasteiger partial charge in [-0.3, -0.25) is 4.98 Å². The Morgan fingerprint density at radius 1 is 1.22 bits per heavy atom. The Kier molecular flexibility index (Phi) is 3.79. The van der Waals surface area contributed by atoms with Crippen molar-refractivity contribution in [3.05, 3.63) is 53.3 Å². The lowest BCUT2D eigenvalue weighted by molar-refractivity contribution is 0.0600. The van der Waals surface area contributed by atoms with Crippen LogP contribution < -0.4 is 0 Å². The summed E-state index contributed by atoms with van der Waals surface area (Å²) in [6.45, 7) is 0. The first-order chi connectivity index (χ1) is 13.2. The number of ether oxygens (including phenoxy) is 1. The maximum Gasteiger partial charge on any atom is 0.337 e. The predicted molar refractivity (Wildman–Crippen MR) is 103 cm³/mol. The van der Waals surface area contributed by atoms with E-state index >= 15 is 0 Å². The van der Waals surface area contributed by atoms with Crippen LogP contribution in [0.5, 0.6) is 0 Å². The third-order valence-corrected chi connectivity index (χ3v) is 6.11. The zero-order valence-corrected chi connectivity index (χ0v) is 15.3. The van der Waals surface area contributed by atoms with E-state index in [0.717, 1.165) is 40.6 Å². The standard InChI is InChI=1S/C22H22N2O3/c1-27-22(26)14-7-8-16-18(11-14)24-20(19(16)13-5-3-2-4-6-13)17-12-23-10-9-15(17)21(24)25/h7-13,21,25H,2-6H2,1H3. The Hall–Kier alpha value is -2.66. The highest BCUT2D eigenvalue weighted by Gasteiger charge is 2.35. The quantitative estimate of drug-likeness (QED) is 0.687. The van der Waals surface area contributed by atoms with Gasteiger partial charge in [-0.05, 0) is 42.5 Å². The van der Waals surface area contributed by atoms with Gasteiger partial charge in [-0.2, -0.15) is 0 Å². The molecule has 3 aromatic rings. The van der Waals surface area contributed by atoms with Crippen LogP contribution in [0.2, 0.25) is 0 Å². The molecular formula is C22H22N2O3. The molecule has 1 aliphatic heterocycles. The predicted octanol–water partition coefficient (Wildman–Crippen LogP) is 4.39. The number of benzene rings is 1. The van der Waals surface area contributed by atoms with Crippen LogP contribution in [0.1, 0.15) is 65.7 Å². The van der Waals surface area contributed by atoms with Crippen LogP contribution in [0, 0.1) is 0 Å². The first kappa shape index (κ1) is 16.5. The van der Waals surface area contributed by atoms with E-state index in [2.05, 4.69) is 4.98 Å². The van der Waals surface area contributed by atoms with Crippen molar-refractivity contribution in [3.63, 3.8) is 0 Å². The molecule has 0 bridgehead atoms. The second-order valence-corrected chi connectivity index (χ2v) is 7.53. The van der Waals surface area contributed by atoms with E-state index < -0.39 is 6.23 Å². The van der Waals surface area contributed by atoms with Crippen molar-refractivity contribution < 1.29 is 14.6 Å². The average molecular weight is 362 g/mol. The molecule has 2 aromatic heterocycles. The second-order valence-electron chi connectivity index (χ2n) is 7.53. The van der Waals surface area contributed by atoms with Crippen LogP contribution in [0.15, 0.2) is 36.7 Å². The molecule has 5 heteroatoms. The average Bonchev–Trinajstić information content (AvgIpc) is 3.21. The molecule has 5 nitrogen and oxygen atoms in total. The summed E-state index contributed by atoms with van der Waals surface area (Å²) in [6.07, 6.45) is 8.90. The minimum absolute atomic E-state index is 0.363. The van der Waals surface area contributed by atoms with Crippen LogP contribution in [-0.4, -0.2) is 27.7 Å². The number of methoxy groups -OCH3 is 1. The smallest absolute Gasteiger partial charge is 0.337 e. The third-order valence-electron chi connectivity index (χ3n) is 6.11. The molecule has 1 unspecified atom stereocenters. The molecular weight excluding hydrogens is 340 g/mol. The number of nitrogens with zero attached hydrogens (tertiary/aromatic N) is 2. The largest absolute Gasteiger partial charge is 0.465 e. The highest BCUT2D eigenvalue weighted by Crippen LogP contribution is 2.50. The van der Waals surface area contributed by atoms with Gasteiger partial charge in [-0.1, -0.05) is 25.3 Å². The Morgan fingerprint density at radius 3 is 2.81 bits per heavy atom. The van der Waals surface area contributed by atoms with Crippen molar-refractivity contribution in [1.29, 1.82) is 0 Å². The van der Waals surface area contributed by atoms with E-state index in [9.17, 15) is 9.90 Å². The zero-order chi connectivity index (χ0) is 18.5. The number of pyridine rings is 1. The molecule has 0 radical (unpaired) electrons. The van der Waals surface area contributed by atoms with Gasteiger partial charge >= 0.3 is 5.97 Å². The van der Waals surface area contributed by atoms with Gasteiger partial charge in [0.1, 0.15) is 0 Å². The fourth-order valence-electron chi connectivity index (χ4n) is 4.88. The molecule has 1 atom stereocenters. The second kappa shape index (κ2) is 6.20. The van der Waals surface area contributed by atoms with Crippen molar-refractivity contribution >= 4 is 16.9 Å². The number of hydrogen-bond donors (Lipinski definition) is 1. The number of fused-ring (bicyclic) bond motifs is 5. The van der Waals surface area contributed by atoms with Crippen molar-refractivity contribution in [2.75, 3.05) is 7.11 Å². The van der Waals surface area contributed by atoms with Gasteiger partial charge in [0, 0.05) is 28.9 Å². The number of esters is 1. The zero-order valence-electron chi connectivity index (χ0n) is 15.3. The van der Waals surface area contributed by atoms with Gasteiger partial charge in [0.2, 0.25) is 0 Å². The number of carbonyl (C=O) groups excluding carboxylic acids is 1. The normalized spacial score (nSPS) is 19.1. The molecule has 1 aromatic carbocycles. The van der Waals surface area contributed by atoms with E-state index in [1.165, 1.54) is 31.9 Å². The summed E-state index contributed by atoms with van der Waals surface area (Å²) < 4.78 is 6.87. The number of rotatable bonds is 2. The van der Waals surface area contributed by atoms with Crippen LogP contribution in [-0.2, 0) is 4.74 Å². The lowest BCUT2D eigenvalue weighted by atomic mass is 9.82. The SMILES string of the molecule is COC(=O)c1ccc2c(C3CCCCC3)c3n(c2c1)C(O)c1ccncc1-3. The fourth-order valence-corrected chi connectivity index (χ4v) is 4.88. The van der Waals surface area contributed by atoms with E-state index in [1.54, 1.807) is 6.20 Å². The molecule has 1 aliphatic carbocycles. The monoisotopic (exact) mass is 362 g/mol. The molecule has 1 N–H and O–H groups in total. The van der Waals surface area contributed by atoms with Gasteiger partial charge in [-0.15, -0.1) is 0 Å². The first-order valence-corrected chi connectivity index (χ1v) is 9.59. The topological polar surface area (TPSA) is 64.3 Å². The Bertz CT molecular complexity index is 1050. The lowest BCUT2D eigenvalue weighted by Crippen LogP contribution is -2.06. The molecule has 1 fully saturated rings. The van der Waals surface area contributed by atoms with E-state index in [-0.39, 0.29) is 5.97 Å². The first-order valence-electron chi connectivity index (χ1n) is 9.59. The third kappa shape index (κ3) is 2.34. The van der Waals surface area contributed by atoms with Crippen molar-refractivity contribution in [1.82, 2.24) is 9.55 Å². The molecule has 138 valence electrons. The van der Waals surface area contributed by atoms with Crippen LogP contribution in [0.4, 0.5) is 0 Å². The van der Waals surface area contributed by atoms with Gasteiger partial charge in [-0.25, -0.2) is 4.79 Å². The summed E-state index contributed by atoms with van der Waals surface area (Å²) in [5.41, 5.74) is 5.63. The van der Waals surface area contributed by atoms with Crippen LogP contribution in [0.3, 0.4) is 0 Å².